The van der Waals surface area contributed by atoms with Gasteiger partial charge in [-0.15, -0.1) is 0 Å². The number of hydrogen-bond donors (Lipinski definition) is 3. The summed E-state index contributed by atoms with van der Waals surface area (Å²) in [7, 11) is 1.59. The molecule has 0 atom stereocenters. The van der Waals surface area contributed by atoms with Crippen LogP contribution in [-0.2, 0) is 22.4 Å². The molecule has 0 saturated heterocycles. The fourth-order valence-corrected chi connectivity index (χ4v) is 3.21. The molecule has 1 heterocycles. The molecule has 0 bridgehead atoms. The van der Waals surface area contributed by atoms with E-state index in [0.29, 0.717) is 25.2 Å². The third kappa shape index (κ3) is 5.18. The summed E-state index contributed by atoms with van der Waals surface area (Å²) >= 11 is 0. The second-order valence-electron chi connectivity index (χ2n) is 7.07. The molecule has 3 rings (SSSR count). The minimum atomic E-state index is -0.784. The van der Waals surface area contributed by atoms with Crippen LogP contribution in [0, 0.1) is 5.82 Å². The maximum atomic E-state index is 13.0. The SMILES string of the molecule is COCCOC1(Cc2nc(C(=O)NCc3ccc(F)cc3)c(O)c(=O)[nH]2)CCC1. The van der Waals surface area contributed by atoms with Crippen LogP contribution in [0.5, 0.6) is 5.75 Å². The van der Waals surface area contributed by atoms with Crippen molar-refractivity contribution in [3.05, 3.63) is 57.5 Å². The van der Waals surface area contributed by atoms with Gasteiger partial charge in [-0.1, -0.05) is 12.1 Å². The predicted octanol–water partition coefficient (Wildman–Crippen LogP) is 1.67. The highest BCUT2D eigenvalue weighted by Gasteiger charge is 2.39. The largest absolute Gasteiger partial charge is 0.501 e. The third-order valence-electron chi connectivity index (χ3n) is 4.98. The topological polar surface area (TPSA) is 114 Å². The van der Waals surface area contributed by atoms with Crippen LogP contribution in [-0.4, -0.2) is 46.9 Å². The number of hydrogen-bond acceptors (Lipinski definition) is 6. The standard InChI is InChI=1S/C20H24FN3O5/c1-28-9-10-29-20(7-2-8-20)11-15-23-16(17(25)19(27)24-15)18(26)22-12-13-3-5-14(21)6-4-13/h3-6,25H,2,7-12H2,1H3,(H,22,26)(H,23,24,27). The molecule has 1 fully saturated rings. The minimum Gasteiger partial charge on any atom is -0.501 e. The molecule has 0 spiro atoms. The van der Waals surface area contributed by atoms with E-state index < -0.39 is 22.8 Å². The maximum absolute atomic E-state index is 13.0. The van der Waals surface area contributed by atoms with Crippen molar-refractivity contribution in [2.45, 2.75) is 37.8 Å². The quantitative estimate of drug-likeness (QED) is 0.547. The highest BCUT2D eigenvalue weighted by molar-refractivity contribution is 5.94. The number of benzene rings is 1. The molecular formula is C20H24FN3O5. The number of ether oxygens (including phenoxy) is 2. The number of carbonyl (C=O) groups excluding carboxylic acids is 1. The normalized spacial score (nSPS) is 15.0. The molecule has 9 heteroatoms. The van der Waals surface area contributed by atoms with Crippen molar-refractivity contribution in [2.24, 2.45) is 0 Å². The van der Waals surface area contributed by atoms with E-state index >= 15 is 0 Å². The molecule has 2 aromatic rings. The Bertz CT molecular complexity index is 909. The first kappa shape index (κ1) is 20.9. The molecule has 3 N–H and O–H groups in total. The Morgan fingerprint density at radius 3 is 2.66 bits per heavy atom. The highest BCUT2D eigenvalue weighted by atomic mass is 19.1. The monoisotopic (exact) mass is 405 g/mol. The molecule has 0 radical (unpaired) electrons. The van der Waals surface area contributed by atoms with E-state index in [-0.39, 0.29) is 23.9 Å². The molecule has 0 unspecified atom stereocenters. The van der Waals surface area contributed by atoms with Crippen molar-refractivity contribution in [1.29, 1.82) is 0 Å². The number of aromatic hydroxyl groups is 1. The van der Waals surface area contributed by atoms with Gasteiger partial charge in [-0.25, -0.2) is 9.37 Å². The summed E-state index contributed by atoms with van der Waals surface area (Å²) in [5, 5.41) is 12.6. The molecule has 1 saturated carbocycles. The molecule has 1 amide bonds. The van der Waals surface area contributed by atoms with Gasteiger partial charge in [0.05, 0.1) is 18.8 Å². The maximum Gasteiger partial charge on any atom is 0.293 e. The molecule has 0 aliphatic heterocycles. The van der Waals surface area contributed by atoms with E-state index in [2.05, 4.69) is 15.3 Å². The summed E-state index contributed by atoms with van der Waals surface area (Å²) in [5.74, 6) is -1.54. The fourth-order valence-electron chi connectivity index (χ4n) is 3.21. The Morgan fingerprint density at radius 1 is 1.31 bits per heavy atom. The van der Waals surface area contributed by atoms with E-state index in [1.54, 1.807) is 7.11 Å². The number of nitrogens with zero attached hydrogens (tertiary/aromatic N) is 1. The molecular weight excluding hydrogens is 381 g/mol. The van der Waals surface area contributed by atoms with Gasteiger partial charge in [0.15, 0.2) is 5.69 Å². The summed E-state index contributed by atoms with van der Waals surface area (Å²) in [6.07, 6.45) is 2.95. The molecule has 156 valence electrons. The van der Waals surface area contributed by atoms with Crippen molar-refractivity contribution in [2.75, 3.05) is 20.3 Å². The summed E-state index contributed by atoms with van der Waals surface area (Å²) in [5.41, 5.74) is -0.914. The van der Waals surface area contributed by atoms with Gasteiger partial charge in [-0.3, -0.25) is 9.59 Å². The van der Waals surface area contributed by atoms with Gasteiger partial charge < -0.3 is 24.9 Å². The second-order valence-corrected chi connectivity index (χ2v) is 7.07. The third-order valence-corrected chi connectivity index (χ3v) is 4.98. The van der Waals surface area contributed by atoms with Gasteiger partial charge >= 0.3 is 0 Å². The van der Waals surface area contributed by atoms with E-state index in [1.807, 2.05) is 0 Å². The number of amides is 1. The van der Waals surface area contributed by atoms with Crippen LogP contribution in [0.1, 0.15) is 41.1 Å². The zero-order valence-corrected chi connectivity index (χ0v) is 16.2. The van der Waals surface area contributed by atoms with Crippen LogP contribution in [0.3, 0.4) is 0 Å². The lowest BCUT2D eigenvalue weighted by molar-refractivity contribution is -0.111. The van der Waals surface area contributed by atoms with Crippen LogP contribution in [0.2, 0.25) is 0 Å². The van der Waals surface area contributed by atoms with Crippen LogP contribution in [0.4, 0.5) is 4.39 Å². The van der Waals surface area contributed by atoms with Crippen LogP contribution in [0.25, 0.3) is 0 Å². The van der Waals surface area contributed by atoms with Crippen molar-refractivity contribution in [3.63, 3.8) is 0 Å². The molecule has 1 aliphatic carbocycles. The van der Waals surface area contributed by atoms with Gasteiger partial charge in [-0.05, 0) is 37.0 Å². The fraction of sp³-hybridized carbons (Fsp3) is 0.450. The highest BCUT2D eigenvalue weighted by Crippen LogP contribution is 2.38. The van der Waals surface area contributed by atoms with Gasteiger partial charge in [0.1, 0.15) is 11.6 Å². The average Bonchev–Trinajstić information content (AvgIpc) is 2.68. The lowest BCUT2D eigenvalue weighted by Gasteiger charge is -2.41. The van der Waals surface area contributed by atoms with Gasteiger partial charge in [-0.2, -0.15) is 0 Å². The van der Waals surface area contributed by atoms with Crippen molar-refractivity contribution in [1.82, 2.24) is 15.3 Å². The Kier molecular flexibility index (Phi) is 6.60. The predicted molar refractivity (Wildman–Crippen MR) is 102 cm³/mol. The molecule has 1 aromatic carbocycles. The zero-order chi connectivity index (χ0) is 20.9. The minimum absolute atomic E-state index is 0.104. The zero-order valence-electron chi connectivity index (χ0n) is 16.2. The van der Waals surface area contributed by atoms with E-state index in [0.717, 1.165) is 19.3 Å². The summed E-state index contributed by atoms with van der Waals surface area (Å²) < 4.78 is 23.9. The summed E-state index contributed by atoms with van der Waals surface area (Å²) in [4.78, 5) is 31.2. The van der Waals surface area contributed by atoms with Crippen molar-refractivity contribution < 1.29 is 23.8 Å². The number of aromatic amines is 1. The van der Waals surface area contributed by atoms with Gasteiger partial charge in [0.25, 0.3) is 11.5 Å². The van der Waals surface area contributed by atoms with E-state index in [4.69, 9.17) is 9.47 Å². The van der Waals surface area contributed by atoms with Crippen molar-refractivity contribution >= 4 is 5.91 Å². The number of rotatable bonds is 9. The number of H-pyrrole nitrogens is 1. The molecule has 1 aliphatic rings. The Morgan fingerprint density at radius 2 is 2.03 bits per heavy atom. The lowest BCUT2D eigenvalue weighted by Crippen LogP contribution is -2.44. The van der Waals surface area contributed by atoms with Crippen molar-refractivity contribution in [3.8, 4) is 5.75 Å². The Balaban J connectivity index is 1.72. The van der Waals surface area contributed by atoms with Crippen LogP contribution >= 0.6 is 0 Å². The Labute approximate surface area is 167 Å². The number of carbonyl (C=O) groups is 1. The lowest BCUT2D eigenvalue weighted by atomic mass is 9.77. The smallest absolute Gasteiger partial charge is 0.293 e. The van der Waals surface area contributed by atoms with Gasteiger partial charge in [0.2, 0.25) is 5.75 Å². The second kappa shape index (κ2) is 9.15. The van der Waals surface area contributed by atoms with Crippen LogP contribution < -0.4 is 10.9 Å². The number of nitrogens with one attached hydrogen (secondary N) is 2. The average molecular weight is 405 g/mol. The van der Waals surface area contributed by atoms with Crippen LogP contribution in [0.15, 0.2) is 29.1 Å². The summed E-state index contributed by atoms with van der Waals surface area (Å²) in [6.45, 7) is 0.981. The summed E-state index contributed by atoms with van der Waals surface area (Å²) in [6, 6.07) is 5.63. The van der Waals surface area contributed by atoms with E-state index in [1.165, 1.54) is 24.3 Å². The number of aromatic nitrogens is 2. The van der Waals surface area contributed by atoms with E-state index in [9.17, 15) is 19.1 Å². The first-order valence-corrected chi connectivity index (χ1v) is 9.40. The number of methoxy groups -OCH3 is 1. The first-order chi connectivity index (χ1) is 13.9. The first-order valence-electron chi connectivity index (χ1n) is 9.40. The molecule has 8 nitrogen and oxygen atoms in total. The molecule has 1 aromatic heterocycles. The number of halogens is 1. The Hall–Kier alpha value is -2.78. The molecule has 29 heavy (non-hydrogen) atoms. The van der Waals surface area contributed by atoms with Gasteiger partial charge in [0, 0.05) is 20.1 Å².